The van der Waals surface area contributed by atoms with Gasteiger partial charge in [-0.05, 0) is 35.9 Å². The first-order valence-electron chi connectivity index (χ1n) is 6.37. The molecular weight excluding hydrogens is 289 g/mol. The first kappa shape index (κ1) is 17.0. The maximum atomic E-state index is 12.2. The van der Waals surface area contributed by atoms with Crippen LogP contribution in [0.5, 0.6) is 0 Å². The molecule has 112 valence electrons. The van der Waals surface area contributed by atoms with Crippen molar-refractivity contribution in [2.24, 2.45) is 0 Å². The van der Waals surface area contributed by atoms with Crippen molar-refractivity contribution < 1.29 is 22.7 Å². The van der Waals surface area contributed by atoms with Crippen molar-refractivity contribution in [3.05, 3.63) is 29.8 Å². The van der Waals surface area contributed by atoms with E-state index in [4.69, 9.17) is 4.74 Å². The lowest BCUT2D eigenvalue weighted by Crippen LogP contribution is -2.15. The minimum atomic E-state index is -4.31. The van der Waals surface area contributed by atoms with Crippen LogP contribution in [0.3, 0.4) is 0 Å². The van der Waals surface area contributed by atoms with Gasteiger partial charge in [0.25, 0.3) is 0 Å². The number of thioether (sulfide) groups is 1. The third kappa shape index (κ3) is 5.54. The van der Waals surface area contributed by atoms with Crippen LogP contribution < -0.4 is 0 Å². The summed E-state index contributed by atoms with van der Waals surface area (Å²) in [4.78, 5) is 11.9. The highest BCUT2D eigenvalue weighted by Gasteiger charge is 2.29. The van der Waals surface area contributed by atoms with Crippen molar-refractivity contribution in [1.29, 1.82) is 0 Å². The van der Waals surface area contributed by atoms with E-state index in [0.29, 0.717) is 18.6 Å². The van der Waals surface area contributed by atoms with Crippen LogP contribution in [-0.2, 0) is 9.53 Å². The van der Waals surface area contributed by atoms with E-state index < -0.39 is 11.6 Å². The molecule has 0 bridgehead atoms. The van der Waals surface area contributed by atoms with Gasteiger partial charge in [-0.3, -0.25) is 4.79 Å². The molecule has 0 aliphatic rings. The Morgan fingerprint density at radius 2 is 1.85 bits per heavy atom. The molecule has 1 atom stereocenters. The number of alkyl halides is 3. The van der Waals surface area contributed by atoms with Crippen molar-refractivity contribution in [1.82, 2.24) is 0 Å². The van der Waals surface area contributed by atoms with Gasteiger partial charge in [0.2, 0.25) is 0 Å². The molecule has 20 heavy (non-hydrogen) atoms. The number of ketones is 1. The SMILES string of the molecule is CCCOC(C(=O)CC)c1ccc(SC(F)(F)F)cc1. The summed E-state index contributed by atoms with van der Waals surface area (Å²) in [5.74, 6) is -0.0744. The van der Waals surface area contributed by atoms with E-state index in [1.807, 2.05) is 6.92 Å². The number of ether oxygens (including phenoxy) is 1. The van der Waals surface area contributed by atoms with Crippen LogP contribution in [0.1, 0.15) is 38.4 Å². The van der Waals surface area contributed by atoms with Crippen molar-refractivity contribution in [2.45, 2.75) is 43.2 Å². The minimum absolute atomic E-state index is 0.0744. The van der Waals surface area contributed by atoms with Gasteiger partial charge >= 0.3 is 5.51 Å². The third-order valence-corrected chi connectivity index (χ3v) is 3.29. The summed E-state index contributed by atoms with van der Waals surface area (Å²) < 4.78 is 42.2. The van der Waals surface area contributed by atoms with E-state index in [2.05, 4.69) is 0 Å². The number of hydrogen-bond acceptors (Lipinski definition) is 3. The first-order chi connectivity index (χ1) is 9.37. The van der Waals surface area contributed by atoms with Gasteiger partial charge in [-0.25, -0.2) is 0 Å². The maximum Gasteiger partial charge on any atom is 0.446 e. The molecule has 0 N–H and O–H groups in total. The predicted octanol–water partition coefficient (Wildman–Crippen LogP) is 4.75. The molecule has 0 amide bonds. The third-order valence-electron chi connectivity index (χ3n) is 2.55. The van der Waals surface area contributed by atoms with Crippen LogP contribution in [0.15, 0.2) is 29.2 Å². The average molecular weight is 306 g/mol. The fraction of sp³-hybridized carbons (Fsp3) is 0.500. The van der Waals surface area contributed by atoms with Crippen molar-refractivity contribution in [3.8, 4) is 0 Å². The molecule has 2 nitrogen and oxygen atoms in total. The molecule has 1 rings (SSSR count). The Labute approximate surface area is 120 Å². The zero-order chi connectivity index (χ0) is 15.2. The van der Waals surface area contributed by atoms with Crippen LogP contribution in [-0.4, -0.2) is 17.9 Å². The first-order valence-corrected chi connectivity index (χ1v) is 7.19. The summed E-state index contributed by atoms with van der Waals surface area (Å²) in [6, 6.07) is 5.75. The van der Waals surface area contributed by atoms with E-state index >= 15 is 0 Å². The van der Waals surface area contributed by atoms with Gasteiger partial charge in [0, 0.05) is 17.9 Å². The molecule has 1 aromatic carbocycles. The average Bonchev–Trinajstić information content (AvgIpc) is 2.38. The summed E-state index contributed by atoms with van der Waals surface area (Å²) in [6.07, 6.45) is 0.410. The molecule has 0 radical (unpaired) electrons. The quantitative estimate of drug-likeness (QED) is 0.680. The summed E-state index contributed by atoms with van der Waals surface area (Å²) in [6.45, 7) is 4.10. The standard InChI is InChI=1S/C14H17F3O2S/c1-3-9-19-13(12(18)4-2)10-5-7-11(8-6-10)20-14(15,16)17/h5-8,13H,3-4,9H2,1-2H3. The summed E-state index contributed by atoms with van der Waals surface area (Å²) >= 11 is -0.173. The zero-order valence-electron chi connectivity index (χ0n) is 11.4. The van der Waals surface area contributed by atoms with E-state index in [9.17, 15) is 18.0 Å². The molecule has 0 heterocycles. The molecule has 0 fully saturated rings. The summed E-state index contributed by atoms with van der Waals surface area (Å²) in [5, 5.41) is 0. The molecule has 1 unspecified atom stereocenters. The number of benzene rings is 1. The van der Waals surface area contributed by atoms with Crippen molar-refractivity contribution in [3.63, 3.8) is 0 Å². The molecule has 6 heteroatoms. The van der Waals surface area contributed by atoms with Gasteiger partial charge in [-0.2, -0.15) is 13.2 Å². The maximum absolute atomic E-state index is 12.2. The molecular formula is C14H17F3O2S. The Bertz CT molecular complexity index is 429. The normalized spacial score (nSPS) is 13.2. The Kier molecular flexibility index (Phi) is 6.55. The molecule has 0 saturated heterocycles. The van der Waals surface area contributed by atoms with Crippen LogP contribution in [0.2, 0.25) is 0 Å². The Balaban J connectivity index is 2.84. The number of Topliss-reactive ketones (excluding diaryl/α,β-unsaturated/α-hetero) is 1. The molecule has 0 spiro atoms. The number of hydrogen-bond donors (Lipinski definition) is 0. The van der Waals surface area contributed by atoms with Gasteiger partial charge in [0.15, 0.2) is 5.78 Å². The Morgan fingerprint density at radius 1 is 1.25 bits per heavy atom. The Hall–Kier alpha value is -1.01. The number of rotatable bonds is 7. The smallest absolute Gasteiger partial charge is 0.366 e. The lowest BCUT2D eigenvalue weighted by molar-refractivity contribution is -0.130. The molecule has 0 aliphatic heterocycles. The lowest BCUT2D eigenvalue weighted by atomic mass is 10.0. The van der Waals surface area contributed by atoms with Crippen LogP contribution in [0, 0.1) is 0 Å². The van der Waals surface area contributed by atoms with E-state index in [1.165, 1.54) is 24.3 Å². The molecule has 0 aromatic heterocycles. The highest BCUT2D eigenvalue weighted by molar-refractivity contribution is 8.00. The predicted molar refractivity (Wildman–Crippen MR) is 72.6 cm³/mol. The second-order valence-corrected chi connectivity index (χ2v) is 5.33. The van der Waals surface area contributed by atoms with E-state index in [0.717, 1.165) is 6.42 Å². The second-order valence-electron chi connectivity index (χ2n) is 4.19. The van der Waals surface area contributed by atoms with Crippen LogP contribution in [0.4, 0.5) is 13.2 Å². The second kappa shape index (κ2) is 7.69. The van der Waals surface area contributed by atoms with Gasteiger partial charge in [0.05, 0.1) is 0 Å². The van der Waals surface area contributed by atoms with Crippen LogP contribution >= 0.6 is 11.8 Å². The van der Waals surface area contributed by atoms with Gasteiger partial charge in [0.1, 0.15) is 6.10 Å². The molecule has 0 aliphatic carbocycles. The largest absolute Gasteiger partial charge is 0.446 e. The topological polar surface area (TPSA) is 26.3 Å². The molecule has 1 aromatic rings. The highest BCUT2D eigenvalue weighted by atomic mass is 32.2. The monoisotopic (exact) mass is 306 g/mol. The van der Waals surface area contributed by atoms with Crippen LogP contribution in [0.25, 0.3) is 0 Å². The number of halogens is 3. The van der Waals surface area contributed by atoms with Gasteiger partial charge in [-0.15, -0.1) is 0 Å². The van der Waals surface area contributed by atoms with Crippen molar-refractivity contribution in [2.75, 3.05) is 6.61 Å². The number of carbonyl (C=O) groups is 1. The zero-order valence-corrected chi connectivity index (χ0v) is 12.2. The highest BCUT2D eigenvalue weighted by Crippen LogP contribution is 2.37. The fourth-order valence-corrected chi connectivity index (χ4v) is 2.18. The van der Waals surface area contributed by atoms with E-state index in [-0.39, 0.29) is 22.4 Å². The summed E-state index contributed by atoms with van der Waals surface area (Å²) in [7, 11) is 0. The lowest BCUT2D eigenvalue weighted by Gasteiger charge is -2.16. The van der Waals surface area contributed by atoms with Crippen molar-refractivity contribution >= 4 is 17.5 Å². The van der Waals surface area contributed by atoms with E-state index in [1.54, 1.807) is 6.92 Å². The number of carbonyl (C=O) groups excluding carboxylic acids is 1. The van der Waals surface area contributed by atoms with Gasteiger partial charge < -0.3 is 4.74 Å². The fourth-order valence-electron chi connectivity index (χ4n) is 1.64. The molecule has 0 saturated carbocycles. The Morgan fingerprint density at radius 3 is 2.30 bits per heavy atom. The minimum Gasteiger partial charge on any atom is -0.366 e. The summed E-state index contributed by atoms with van der Waals surface area (Å²) in [5.41, 5.74) is -3.71. The van der Waals surface area contributed by atoms with Gasteiger partial charge in [-0.1, -0.05) is 26.0 Å².